The molecular formula is C16H17N5O. The standard InChI is InChI=1S/C16H17N5O/c1-3-21(4-2)15-11-18-14(10-19-15)16(22)20-13-8-6-5-7-12(13)9-17/h5-8,10-11H,3-4H2,1-2H3,(H,20,22). The van der Waals surface area contributed by atoms with Crippen LogP contribution in [0, 0.1) is 11.3 Å². The van der Waals surface area contributed by atoms with Crippen LogP contribution < -0.4 is 10.2 Å². The van der Waals surface area contributed by atoms with Crippen molar-refractivity contribution in [1.82, 2.24) is 9.97 Å². The van der Waals surface area contributed by atoms with Crippen LogP contribution >= 0.6 is 0 Å². The smallest absolute Gasteiger partial charge is 0.275 e. The second-order valence-corrected chi connectivity index (χ2v) is 4.54. The molecule has 6 nitrogen and oxygen atoms in total. The van der Waals surface area contributed by atoms with E-state index in [9.17, 15) is 4.79 Å². The van der Waals surface area contributed by atoms with Crippen molar-refractivity contribution in [3.63, 3.8) is 0 Å². The normalized spacial score (nSPS) is 9.86. The zero-order chi connectivity index (χ0) is 15.9. The number of amides is 1. The predicted octanol–water partition coefficient (Wildman–Crippen LogP) is 2.45. The van der Waals surface area contributed by atoms with Gasteiger partial charge in [0.2, 0.25) is 0 Å². The van der Waals surface area contributed by atoms with E-state index in [1.165, 1.54) is 6.20 Å². The zero-order valence-electron chi connectivity index (χ0n) is 12.6. The molecule has 0 radical (unpaired) electrons. The van der Waals surface area contributed by atoms with Crippen molar-refractivity contribution < 1.29 is 4.79 Å². The minimum Gasteiger partial charge on any atom is -0.356 e. The van der Waals surface area contributed by atoms with Crippen LogP contribution in [-0.2, 0) is 0 Å². The summed E-state index contributed by atoms with van der Waals surface area (Å²) < 4.78 is 0. The highest BCUT2D eigenvalue weighted by molar-refractivity contribution is 6.03. The molecule has 1 aromatic heterocycles. The fourth-order valence-corrected chi connectivity index (χ4v) is 2.03. The van der Waals surface area contributed by atoms with Gasteiger partial charge in [-0.05, 0) is 26.0 Å². The van der Waals surface area contributed by atoms with Crippen LogP contribution in [0.4, 0.5) is 11.5 Å². The lowest BCUT2D eigenvalue weighted by atomic mass is 10.2. The van der Waals surface area contributed by atoms with Gasteiger partial charge in [-0.15, -0.1) is 0 Å². The molecule has 0 saturated carbocycles. The van der Waals surface area contributed by atoms with Gasteiger partial charge in [0.25, 0.3) is 5.91 Å². The van der Waals surface area contributed by atoms with Crippen LogP contribution in [0.15, 0.2) is 36.7 Å². The topological polar surface area (TPSA) is 81.9 Å². The monoisotopic (exact) mass is 295 g/mol. The van der Waals surface area contributed by atoms with E-state index in [2.05, 4.69) is 15.3 Å². The second kappa shape index (κ2) is 7.18. The van der Waals surface area contributed by atoms with E-state index in [0.717, 1.165) is 18.9 Å². The van der Waals surface area contributed by atoms with Gasteiger partial charge < -0.3 is 10.2 Å². The average Bonchev–Trinajstić information content (AvgIpc) is 2.57. The number of para-hydroxylation sites is 1. The molecule has 0 atom stereocenters. The molecule has 112 valence electrons. The summed E-state index contributed by atoms with van der Waals surface area (Å²) in [5.41, 5.74) is 1.08. The van der Waals surface area contributed by atoms with Gasteiger partial charge in [0.1, 0.15) is 17.6 Å². The Morgan fingerprint density at radius 2 is 1.95 bits per heavy atom. The van der Waals surface area contributed by atoms with Crippen molar-refractivity contribution in [2.45, 2.75) is 13.8 Å². The molecule has 0 bridgehead atoms. The third-order valence-corrected chi connectivity index (χ3v) is 3.25. The molecule has 0 unspecified atom stereocenters. The van der Waals surface area contributed by atoms with Gasteiger partial charge in [0.15, 0.2) is 0 Å². The number of rotatable bonds is 5. The molecule has 1 N–H and O–H groups in total. The Kier molecular flexibility index (Phi) is 5.04. The van der Waals surface area contributed by atoms with Crippen LogP contribution in [0.1, 0.15) is 29.9 Å². The van der Waals surface area contributed by atoms with Gasteiger partial charge in [-0.2, -0.15) is 5.26 Å². The molecule has 1 aromatic carbocycles. The molecule has 22 heavy (non-hydrogen) atoms. The number of hydrogen-bond acceptors (Lipinski definition) is 5. The van der Waals surface area contributed by atoms with Crippen molar-refractivity contribution in [2.24, 2.45) is 0 Å². The molecule has 0 spiro atoms. The molecule has 1 amide bonds. The quantitative estimate of drug-likeness (QED) is 0.916. The molecule has 0 aliphatic heterocycles. The molecule has 2 aromatic rings. The Balaban J connectivity index is 2.15. The summed E-state index contributed by atoms with van der Waals surface area (Å²) in [6, 6.07) is 8.85. The van der Waals surface area contributed by atoms with Gasteiger partial charge >= 0.3 is 0 Å². The van der Waals surface area contributed by atoms with Gasteiger partial charge in [-0.25, -0.2) is 9.97 Å². The summed E-state index contributed by atoms with van der Waals surface area (Å²) in [6.45, 7) is 5.72. The van der Waals surface area contributed by atoms with Gasteiger partial charge in [0.05, 0.1) is 23.6 Å². The van der Waals surface area contributed by atoms with E-state index in [0.29, 0.717) is 11.3 Å². The summed E-state index contributed by atoms with van der Waals surface area (Å²) in [6.07, 6.45) is 3.02. The Bertz CT molecular complexity index is 686. The second-order valence-electron chi connectivity index (χ2n) is 4.54. The number of hydrogen-bond donors (Lipinski definition) is 1. The van der Waals surface area contributed by atoms with Gasteiger partial charge in [0, 0.05) is 13.1 Å². The van der Waals surface area contributed by atoms with E-state index in [1.54, 1.807) is 30.5 Å². The van der Waals surface area contributed by atoms with E-state index in [-0.39, 0.29) is 11.6 Å². The predicted molar refractivity (Wildman–Crippen MR) is 84.7 cm³/mol. The molecule has 0 aliphatic rings. The van der Waals surface area contributed by atoms with Gasteiger partial charge in [-0.3, -0.25) is 4.79 Å². The molecule has 1 heterocycles. The van der Waals surface area contributed by atoms with E-state index >= 15 is 0 Å². The lowest BCUT2D eigenvalue weighted by molar-refractivity contribution is 0.102. The maximum atomic E-state index is 12.2. The molecule has 6 heteroatoms. The van der Waals surface area contributed by atoms with E-state index in [4.69, 9.17) is 5.26 Å². The van der Waals surface area contributed by atoms with Crippen molar-refractivity contribution in [2.75, 3.05) is 23.3 Å². The van der Waals surface area contributed by atoms with Crippen LogP contribution in [0.3, 0.4) is 0 Å². The van der Waals surface area contributed by atoms with E-state index in [1.807, 2.05) is 24.8 Å². The summed E-state index contributed by atoms with van der Waals surface area (Å²) in [5.74, 6) is 0.347. The molecule has 0 saturated heterocycles. The maximum Gasteiger partial charge on any atom is 0.275 e. The minimum atomic E-state index is -0.388. The fourth-order valence-electron chi connectivity index (χ4n) is 2.03. The summed E-state index contributed by atoms with van der Waals surface area (Å²) in [5, 5.41) is 11.7. The Labute approximate surface area is 129 Å². The zero-order valence-corrected chi connectivity index (χ0v) is 12.6. The van der Waals surface area contributed by atoms with Crippen LogP contribution in [0.25, 0.3) is 0 Å². The third kappa shape index (κ3) is 3.38. The molecule has 0 fully saturated rings. The van der Waals surface area contributed by atoms with E-state index < -0.39 is 0 Å². The highest BCUT2D eigenvalue weighted by atomic mass is 16.1. The number of carbonyl (C=O) groups is 1. The molecule has 0 aliphatic carbocycles. The first kappa shape index (κ1) is 15.4. The average molecular weight is 295 g/mol. The molecule has 2 rings (SSSR count). The summed E-state index contributed by atoms with van der Waals surface area (Å²) in [4.78, 5) is 22.6. The lowest BCUT2D eigenvalue weighted by Gasteiger charge is -2.18. The summed E-state index contributed by atoms with van der Waals surface area (Å²) in [7, 11) is 0. The van der Waals surface area contributed by atoms with Crippen LogP contribution in [0.5, 0.6) is 0 Å². The highest BCUT2D eigenvalue weighted by Gasteiger charge is 2.12. The van der Waals surface area contributed by atoms with Gasteiger partial charge in [-0.1, -0.05) is 12.1 Å². The first-order valence-corrected chi connectivity index (χ1v) is 7.07. The van der Waals surface area contributed by atoms with Crippen molar-refractivity contribution in [3.8, 4) is 6.07 Å². The first-order valence-electron chi connectivity index (χ1n) is 7.07. The number of nitrogens with zero attached hydrogens (tertiary/aromatic N) is 4. The van der Waals surface area contributed by atoms with Crippen LogP contribution in [0.2, 0.25) is 0 Å². The SMILES string of the molecule is CCN(CC)c1cnc(C(=O)Nc2ccccc2C#N)cn1. The number of carbonyl (C=O) groups excluding carboxylic acids is 1. The number of nitriles is 1. The Morgan fingerprint density at radius 3 is 2.55 bits per heavy atom. The first-order chi connectivity index (χ1) is 10.7. The largest absolute Gasteiger partial charge is 0.356 e. The number of aromatic nitrogens is 2. The van der Waals surface area contributed by atoms with Crippen LogP contribution in [-0.4, -0.2) is 29.0 Å². The number of nitrogens with one attached hydrogen (secondary N) is 1. The lowest BCUT2D eigenvalue weighted by Crippen LogP contribution is -2.23. The highest BCUT2D eigenvalue weighted by Crippen LogP contribution is 2.15. The number of benzene rings is 1. The Hall–Kier alpha value is -2.94. The maximum absolute atomic E-state index is 12.2. The summed E-state index contributed by atoms with van der Waals surface area (Å²) >= 11 is 0. The fraction of sp³-hybridized carbons (Fsp3) is 0.250. The molecular weight excluding hydrogens is 278 g/mol. The third-order valence-electron chi connectivity index (χ3n) is 3.25. The minimum absolute atomic E-state index is 0.212. The number of anilines is 2. The van der Waals surface area contributed by atoms with Crippen molar-refractivity contribution in [1.29, 1.82) is 5.26 Å². The Morgan fingerprint density at radius 1 is 1.23 bits per heavy atom. The van der Waals surface area contributed by atoms with Crippen molar-refractivity contribution >= 4 is 17.4 Å². The van der Waals surface area contributed by atoms with Crippen molar-refractivity contribution in [3.05, 3.63) is 47.9 Å².